The predicted octanol–water partition coefficient (Wildman–Crippen LogP) is 2.78. The number of likely N-dealkylation sites (N-methyl/N-ethyl adjacent to an activating group) is 1. The summed E-state index contributed by atoms with van der Waals surface area (Å²) in [7, 11) is 4.64. The summed E-state index contributed by atoms with van der Waals surface area (Å²) in [6, 6.07) is 8.72. The van der Waals surface area contributed by atoms with Crippen molar-refractivity contribution < 1.29 is 44.3 Å². The minimum absolute atomic E-state index is 0. The Morgan fingerprint density at radius 3 is 2.32 bits per heavy atom. The number of ketones is 2. The van der Waals surface area contributed by atoms with E-state index in [2.05, 4.69) is 21.2 Å². The third-order valence-corrected chi connectivity index (χ3v) is 9.44. The number of nitrogens with one attached hydrogen (secondary N) is 1. The number of aliphatic hydroxyl groups excluding tert-OH is 2. The van der Waals surface area contributed by atoms with E-state index < -0.39 is 74.5 Å². The standard InChI is InChI=1S/C30H30BrN3O9.BrH/c1-34(2)22-16-11-14-10-13-6-9-17(33-29(41)21(31)12-4-7-15(43-3)8-5-12)23(35)18(13)24(36)19(14)26(38)30(16,42)27(39)20(25(22)37)28(32)40;/h4-9,14,16,21-22,35,37-38,42H,10-11H2,1-3H3,(H2,32,40)(H,33,41);1H/t14?,16?,21?,22-,30-;/m0./s1. The van der Waals surface area contributed by atoms with Gasteiger partial charge in [-0.3, -0.25) is 24.1 Å². The van der Waals surface area contributed by atoms with Crippen LogP contribution in [0.2, 0.25) is 0 Å². The van der Waals surface area contributed by atoms with Crippen molar-refractivity contribution in [1.29, 1.82) is 0 Å². The highest BCUT2D eigenvalue weighted by Gasteiger charge is 2.63. The van der Waals surface area contributed by atoms with Gasteiger partial charge in [-0.05, 0) is 62.2 Å². The number of aliphatic hydroxyl groups is 3. The second kappa shape index (κ2) is 12.0. The van der Waals surface area contributed by atoms with Gasteiger partial charge < -0.3 is 36.2 Å². The first kappa shape index (κ1) is 33.2. The van der Waals surface area contributed by atoms with Crippen LogP contribution in [-0.4, -0.2) is 81.6 Å². The zero-order chi connectivity index (χ0) is 31.5. The third kappa shape index (κ3) is 4.99. The van der Waals surface area contributed by atoms with Gasteiger partial charge in [-0.2, -0.15) is 0 Å². The fourth-order valence-electron chi connectivity index (χ4n) is 6.45. The number of benzene rings is 2. The summed E-state index contributed by atoms with van der Waals surface area (Å²) in [6.07, 6.45) is 0.126. The van der Waals surface area contributed by atoms with Crippen molar-refractivity contribution in [3.63, 3.8) is 0 Å². The predicted molar refractivity (Wildman–Crippen MR) is 167 cm³/mol. The van der Waals surface area contributed by atoms with Gasteiger partial charge in [0, 0.05) is 11.5 Å². The molecule has 2 amide bonds. The molecule has 0 fully saturated rings. The lowest BCUT2D eigenvalue weighted by atomic mass is 9.58. The molecule has 0 aliphatic heterocycles. The van der Waals surface area contributed by atoms with Crippen LogP contribution in [0.1, 0.15) is 32.7 Å². The average Bonchev–Trinajstić information content (AvgIpc) is 2.95. The van der Waals surface area contributed by atoms with E-state index in [0.29, 0.717) is 16.9 Å². The Hall–Kier alpha value is -3.72. The maximum Gasteiger partial charge on any atom is 0.255 e. The molecule has 0 saturated heterocycles. The van der Waals surface area contributed by atoms with E-state index in [1.807, 2.05) is 0 Å². The Balaban J connectivity index is 0.00000442. The number of methoxy groups -OCH3 is 1. The molecule has 5 atom stereocenters. The summed E-state index contributed by atoms with van der Waals surface area (Å²) in [6.45, 7) is 0. The van der Waals surface area contributed by atoms with Crippen molar-refractivity contribution in [2.45, 2.75) is 29.3 Å². The number of halogens is 2. The fraction of sp³-hybridized carbons (Fsp3) is 0.333. The van der Waals surface area contributed by atoms with Crippen LogP contribution in [0.5, 0.6) is 11.5 Å². The van der Waals surface area contributed by atoms with Crippen LogP contribution in [-0.2, 0) is 20.8 Å². The molecule has 0 heterocycles. The number of Topliss-reactive ketones (excluding diaryl/α,β-unsaturated/α-hetero) is 2. The van der Waals surface area contributed by atoms with Crippen molar-refractivity contribution in [2.75, 3.05) is 26.5 Å². The van der Waals surface area contributed by atoms with Crippen molar-refractivity contribution in [2.24, 2.45) is 17.6 Å². The topological polar surface area (TPSA) is 200 Å². The second-order valence-corrected chi connectivity index (χ2v) is 12.0. The number of amides is 2. The van der Waals surface area contributed by atoms with E-state index in [4.69, 9.17) is 10.5 Å². The number of anilines is 1. The summed E-state index contributed by atoms with van der Waals surface area (Å²) in [5.74, 6) is -7.31. The molecule has 3 unspecified atom stereocenters. The van der Waals surface area contributed by atoms with Crippen molar-refractivity contribution in [1.82, 2.24) is 4.90 Å². The number of alkyl halides is 1. The average molecular weight is 737 g/mol. The Labute approximate surface area is 271 Å². The van der Waals surface area contributed by atoms with Gasteiger partial charge in [0.25, 0.3) is 5.91 Å². The fourth-order valence-corrected chi connectivity index (χ4v) is 6.87. The maximum atomic E-state index is 13.9. The van der Waals surface area contributed by atoms with Gasteiger partial charge in [-0.1, -0.05) is 34.1 Å². The van der Waals surface area contributed by atoms with Crippen LogP contribution >= 0.6 is 32.9 Å². The molecule has 3 aliphatic carbocycles. The number of allylic oxidation sites excluding steroid dienone is 1. The van der Waals surface area contributed by atoms with Crippen LogP contribution in [0.4, 0.5) is 5.69 Å². The minimum Gasteiger partial charge on any atom is -0.510 e. The molecule has 14 heteroatoms. The molecule has 234 valence electrons. The van der Waals surface area contributed by atoms with Gasteiger partial charge in [0.15, 0.2) is 17.1 Å². The number of primary amides is 1. The first-order chi connectivity index (χ1) is 20.2. The van der Waals surface area contributed by atoms with Crippen LogP contribution in [0.25, 0.3) is 0 Å². The van der Waals surface area contributed by atoms with Gasteiger partial charge >= 0.3 is 0 Å². The normalized spacial score (nSPS) is 25.0. The zero-order valence-corrected chi connectivity index (χ0v) is 27.1. The van der Waals surface area contributed by atoms with Crippen LogP contribution in [0.15, 0.2) is 59.1 Å². The number of nitrogens with two attached hydrogens (primary N) is 1. The molecular weight excluding hydrogens is 706 g/mol. The number of ether oxygens (including phenoxy) is 1. The molecule has 7 N–H and O–H groups in total. The SMILES string of the molecule is Br.COc1ccc(C(Br)C(=O)Nc2ccc3c(c2O)C(=O)C2=C(O)[C@]4(O)C(=O)C(C(N)=O)=C(O)[C@@H](N(C)C)C4CC2C3)cc1. The highest BCUT2D eigenvalue weighted by atomic mass is 79.9. The Morgan fingerprint density at radius 1 is 1.11 bits per heavy atom. The highest BCUT2D eigenvalue weighted by Crippen LogP contribution is 2.52. The Bertz CT molecular complexity index is 1640. The lowest BCUT2D eigenvalue weighted by Crippen LogP contribution is -2.63. The van der Waals surface area contributed by atoms with E-state index in [1.165, 1.54) is 18.1 Å². The Morgan fingerprint density at radius 2 is 1.75 bits per heavy atom. The lowest BCUT2D eigenvalue weighted by Gasteiger charge is -2.50. The summed E-state index contributed by atoms with van der Waals surface area (Å²) in [4.78, 5) is 53.1. The molecule has 2 aromatic rings. The lowest BCUT2D eigenvalue weighted by molar-refractivity contribution is -0.148. The second-order valence-electron chi connectivity index (χ2n) is 11.1. The number of phenols is 1. The van der Waals surface area contributed by atoms with Gasteiger partial charge in [-0.15, -0.1) is 17.0 Å². The Kier molecular flexibility index (Phi) is 9.04. The summed E-state index contributed by atoms with van der Waals surface area (Å²) in [5.41, 5.74) is 2.25. The third-order valence-electron chi connectivity index (χ3n) is 8.49. The number of carbonyl (C=O) groups is 4. The smallest absolute Gasteiger partial charge is 0.255 e. The molecule has 44 heavy (non-hydrogen) atoms. The largest absolute Gasteiger partial charge is 0.510 e. The first-order valence-electron chi connectivity index (χ1n) is 13.3. The molecule has 0 aromatic heterocycles. The van der Waals surface area contributed by atoms with E-state index in [1.54, 1.807) is 44.4 Å². The van der Waals surface area contributed by atoms with E-state index in [-0.39, 0.29) is 46.6 Å². The molecular formula is C30H31Br2N3O9. The van der Waals surface area contributed by atoms with Gasteiger partial charge in [0.2, 0.25) is 11.7 Å². The van der Waals surface area contributed by atoms with Crippen molar-refractivity contribution >= 4 is 62.0 Å². The van der Waals surface area contributed by atoms with Gasteiger partial charge in [-0.25, -0.2) is 0 Å². The van der Waals surface area contributed by atoms with Crippen LogP contribution < -0.4 is 15.8 Å². The molecule has 3 aliphatic rings. The highest BCUT2D eigenvalue weighted by molar-refractivity contribution is 9.09. The van der Waals surface area contributed by atoms with Crippen LogP contribution in [0.3, 0.4) is 0 Å². The van der Waals surface area contributed by atoms with E-state index in [9.17, 15) is 39.6 Å². The molecule has 0 bridgehead atoms. The quantitative estimate of drug-likeness (QED) is 0.146. The number of rotatable bonds is 6. The molecule has 0 spiro atoms. The summed E-state index contributed by atoms with van der Waals surface area (Å²) in [5, 5.41) is 47.7. The molecule has 12 nitrogen and oxygen atoms in total. The summed E-state index contributed by atoms with van der Waals surface area (Å²) >= 11 is 3.34. The molecule has 5 rings (SSSR count). The monoisotopic (exact) mass is 735 g/mol. The number of hydrogen-bond donors (Lipinski definition) is 6. The van der Waals surface area contributed by atoms with Crippen LogP contribution in [0, 0.1) is 11.8 Å². The van der Waals surface area contributed by atoms with Crippen molar-refractivity contribution in [3.05, 3.63) is 75.8 Å². The number of fused-ring (bicyclic) bond motifs is 3. The number of phenolic OH excluding ortho intramolecular Hbond substituents is 1. The number of aromatic hydroxyl groups is 1. The summed E-state index contributed by atoms with van der Waals surface area (Å²) < 4.78 is 5.13. The van der Waals surface area contributed by atoms with Gasteiger partial charge in [0.1, 0.15) is 27.7 Å². The van der Waals surface area contributed by atoms with Crippen molar-refractivity contribution in [3.8, 4) is 11.5 Å². The van der Waals surface area contributed by atoms with Gasteiger partial charge in [0.05, 0.1) is 24.4 Å². The maximum absolute atomic E-state index is 13.9. The molecule has 0 radical (unpaired) electrons. The number of nitrogens with zero attached hydrogens (tertiary/aromatic N) is 1. The van der Waals surface area contributed by atoms with E-state index >= 15 is 0 Å². The van der Waals surface area contributed by atoms with E-state index in [0.717, 1.165) is 0 Å². The number of carbonyl (C=O) groups excluding carboxylic acids is 4. The first-order valence-corrected chi connectivity index (χ1v) is 14.2. The zero-order valence-electron chi connectivity index (χ0n) is 23.8. The number of hydrogen-bond acceptors (Lipinski definition) is 10. The molecule has 2 aromatic carbocycles. The molecule has 0 saturated carbocycles. The minimum atomic E-state index is -2.73.